The van der Waals surface area contributed by atoms with Crippen LogP contribution in [-0.2, 0) is 17.3 Å². The van der Waals surface area contributed by atoms with E-state index in [1.807, 2.05) is 20.8 Å². The number of rotatable bonds is 6. The zero-order valence-corrected chi connectivity index (χ0v) is 18.1. The van der Waals surface area contributed by atoms with Gasteiger partial charge in [0.2, 0.25) is 0 Å². The fourth-order valence-corrected chi connectivity index (χ4v) is 4.28. The van der Waals surface area contributed by atoms with Crippen LogP contribution in [0.25, 0.3) is 0 Å². The molecule has 0 amide bonds. The molecule has 0 fully saturated rings. The van der Waals surface area contributed by atoms with Crippen LogP contribution in [0, 0.1) is 6.92 Å². The monoisotopic (exact) mass is 404 g/mol. The Morgan fingerprint density at radius 3 is 1.50 bits per heavy atom. The van der Waals surface area contributed by atoms with Crippen LogP contribution in [0.1, 0.15) is 43.0 Å². The van der Waals surface area contributed by atoms with Crippen molar-refractivity contribution in [3.05, 3.63) is 34.4 Å². The molecule has 0 aliphatic rings. The number of hydrogen-bond donors (Lipinski definition) is 0. The quantitative estimate of drug-likeness (QED) is 0.478. The van der Waals surface area contributed by atoms with Gasteiger partial charge in [0, 0.05) is 29.8 Å². The molecule has 0 atom stereocenters. The summed E-state index contributed by atoms with van der Waals surface area (Å²) in [5, 5.41) is 0. The molecule has 0 saturated carbocycles. The minimum Gasteiger partial charge on any atom is -0.114 e. The molecule has 0 heterocycles. The fourth-order valence-electron chi connectivity index (χ4n) is 1.83. The van der Waals surface area contributed by atoms with Crippen molar-refractivity contribution < 1.29 is 0 Å². The molecule has 0 unspecified atom stereocenters. The second-order valence-electron chi connectivity index (χ2n) is 4.89. The van der Waals surface area contributed by atoms with Crippen molar-refractivity contribution in [3.8, 4) is 0 Å². The number of aryl methyl sites for hydroxylation is 1. The number of benzene rings is 1. The van der Waals surface area contributed by atoms with Crippen molar-refractivity contribution in [2.45, 2.75) is 45.0 Å². The van der Waals surface area contributed by atoms with E-state index in [4.69, 9.17) is 36.7 Å². The first-order valence-corrected chi connectivity index (χ1v) is 11.0. The Labute approximate surface area is 163 Å². The van der Waals surface area contributed by atoms with Crippen LogP contribution in [0.2, 0.25) is 0 Å². The average molecular weight is 405 g/mol. The highest BCUT2D eigenvalue weighted by Gasteiger charge is 2.10. The summed E-state index contributed by atoms with van der Waals surface area (Å²) in [5.74, 6) is 2.80. The van der Waals surface area contributed by atoms with Crippen molar-refractivity contribution in [2.75, 3.05) is 0 Å². The van der Waals surface area contributed by atoms with Gasteiger partial charge in [0.05, 0.1) is 0 Å². The highest BCUT2D eigenvalue weighted by atomic mass is 32.2. The molecule has 1 rings (SSSR count). The van der Waals surface area contributed by atoms with Crippen molar-refractivity contribution in [1.82, 2.24) is 0 Å². The third kappa shape index (κ3) is 7.88. The van der Waals surface area contributed by atoms with Gasteiger partial charge in [0.25, 0.3) is 0 Å². The molecule has 1 aromatic carbocycles. The van der Waals surface area contributed by atoms with Crippen molar-refractivity contribution >= 4 is 84.5 Å². The van der Waals surface area contributed by atoms with Gasteiger partial charge in [-0.15, -0.1) is 35.3 Å². The Morgan fingerprint density at radius 2 is 1.09 bits per heavy atom. The van der Waals surface area contributed by atoms with E-state index in [1.165, 1.54) is 22.3 Å². The molecule has 0 aliphatic heterocycles. The van der Waals surface area contributed by atoms with Crippen molar-refractivity contribution in [1.29, 1.82) is 0 Å². The first-order chi connectivity index (χ1) is 10.3. The van der Waals surface area contributed by atoms with E-state index in [0.717, 1.165) is 29.8 Å². The average Bonchev–Trinajstić information content (AvgIpc) is 2.42. The lowest BCUT2D eigenvalue weighted by Crippen LogP contribution is -1.99. The summed E-state index contributed by atoms with van der Waals surface area (Å²) >= 11 is 20.8. The maximum atomic E-state index is 5.20. The first-order valence-electron chi connectivity index (χ1n) is 6.81. The lowest BCUT2D eigenvalue weighted by Gasteiger charge is -2.14. The number of hydrogen-bond acceptors (Lipinski definition) is 6. The van der Waals surface area contributed by atoms with Crippen molar-refractivity contribution in [2.24, 2.45) is 0 Å². The van der Waals surface area contributed by atoms with Gasteiger partial charge in [0.15, 0.2) is 0 Å². The SMILES string of the molecule is CC(=S)SCc1cc(CSC(C)=S)c(CSC(C)=S)cc1C. The highest BCUT2D eigenvalue weighted by molar-refractivity contribution is 8.23. The smallest absolute Gasteiger partial charge is 0.0450 e. The topological polar surface area (TPSA) is 0 Å². The van der Waals surface area contributed by atoms with Gasteiger partial charge in [-0.1, -0.05) is 48.8 Å². The standard InChI is InChI=1S/C16H20S6/c1-10-5-15(8-21-12(3)18)16(9-22-13(4)19)6-14(10)7-20-11(2)17/h5-6H,7-9H2,1-4H3. The Kier molecular flexibility index (Phi) is 9.74. The maximum absolute atomic E-state index is 5.20. The van der Waals surface area contributed by atoms with E-state index in [1.54, 1.807) is 35.3 Å². The molecule has 0 N–H and O–H groups in total. The van der Waals surface area contributed by atoms with E-state index in [9.17, 15) is 0 Å². The van der Waals surface area contributed by atoms with Crippen LogP contribution in [0.4, 0.5) is 0 Å². The minimum absolute atomic E-state index is 0.927. The summed E-state index contributed by atoms with van der Waals surface area (Å²) in [6, 6.07) is 4.62. The van der Waals surface area contributed by atoms with E-state index >= 15 is 0 Å². The Balaban J connectivity index is 3.02. The van der Waals surface area contributed by atoms with E-state index in [-0.39, 0.29) is 0 Å². The summed E-state index contributed by atoms with van der Waals surface area (Å²) in [5.41, 5.74) is 5.42. The fraction of sp³-hybridized carbons (Fsp3) is 0.438. The summed E-state index contributed by atoms with van der Waals surface area (Å²) in [6.45, 7) is 8.12. The molecule has 120 valence electrons. The second kappa shape index (κ2) is 10.4. The van der Waals surface area contributed by atoms with Crippen LogP contribution in [0.15, 0.2) is 12.1 Å². The van der Waals surface area contributed by atoms with Gasteiger partial charge in [0.1, 0.15) is 0 Å². The Morgan fingerprint density at radius 1 is 0.727 bits per heavy atom. The molecule has 0 nitrogen and oxygen atoms in total. The summed E-state index contributed by atoms with van der Waals surface area (Å²) in [6.07, 6.45) is 0. The summed E-state index contributed by atoms with van der Waals surface area (Å²) < 4.78 is 2.95. The predicted octanol–water partition coefficient (Wildman–Crippen LogP) is 6.74. The largest absolute Gasteiger partial charge is 0.114 e. The van der Waals surface area contributed by atoms with Crippen LogP contribution in [0.5, 0.6) is 0 Å². The number of thiocarbonyl (C=S) groups is 3. The maximum Gasteiger partial charge on any atom is 0.0450 e. The third-order valence-corrected chi connectivity index (χ3v) is 6.60. The zero-order valence-electron chi connectivity index (χ0n) is 13.2. The lowest BCUT2D eigenvalue weighted by molar-refractivity contribution is 1.20. The van der Waals surface area contributed by atoms with Crippen molar-refractivity contribution in [3.63, 3.8) is 0 Å². The molecule has 0 saturated heterocycles. The van der Waals surface area contributed by atoms with Gasteiger partial charge in [-0.3, -0.25) is 0 Å². The summed E-state index contributed by atoms with van der Waals surface area (Å²) in [7, 11) is 0. The van der Waals surface area contributed by atoms with Crippen LogP contribution in [-0.4, -0.2) is 12.6 Å². The third-order valence-electron chi connectivity index (χ3n) is 2.95. The predicted molar refractivity (Wildman–Crippen MR) is 120 cm³/mol. The lowest BCUT2D eigenvalue weighted by atomic mass is 10.0. The molecule has 0 aliphatic carbocycles. The molecule has 6 heteroatoms. The Hall–Kier alpha value is 0.540. The van der Waals surface area contributed by atoms with Crippen LogP contribution >= 0.6 is 71.9 Å². The molecule has 0 bridgehead atoms. The van der Waals surface area contributed by atoms with E-state index in [2.05, 4.69) is 19.1 Å². The molecular formula is C16H20S6. The molecular weight excluding hydrogens is 385 g/mol. The van der Waals surface area contributed by atoms with E-state index in [0.29, 0.717) is 0 Å². The molecule has 0 spiro atoms. The molecule has 0 aromatic heterocycles. The minimum atomic E-state index is 0.927. The van der Waals surface area contributed by atoms with Gasteiger partial charge in [-0.05, 0) is 49.9 Å². The van der Waals surface area contributed by atoms with E-state index < -0.39 is 0 Å². The van der Waals surface area contributed by atoms with Gasteiger partial charge < -0.3 is 0 Å². The van der Waals surface area contributed by atoms with Crippen LogP contribution in [0.3, 0.4) is 0 Å². The van der Waals surface area contributed by atoms with Gasteiger partial charge >= 0.3 is 0 Å². The Bertz CT molecular complexity index is 576. The normalized spacial score (nSPS) is 10.5. The number of thioether (sulfide) groups is 3. The van der Waals surface area contributed by atoms with Gasteiger partial charge in [-0.2, -0.15) is 0 Å². The molecule has 1 aromatic rings. The first kappa shape index (κ1) is 20.6. The van der Waals surface area contributed by atoms with Gasteiger partial charge in [-0.25, -0.2) is 0 Å². The molecule has 0 radical (unpaired) electrons. The summed E-state index contributed by atoms with van der Waals surface area (Å²) in [4.78, 5) is 0. The zero-order chi connectivity index (χ0) is 16.7. The second-order valence-corrected chi connectivity index (χ2v) is 11.1. The molecule has 22 heavy (non-hydrogen) atoms. The van der Waals surface area contributed by atoms with Crippen LogP contribution < -0.4 is 0 Å². The highest BCUT2D eigenvalue weighted by Crippen LogP contribution is 2.28.